The Balaban J connectivity index is 1.87. The van der Waals surface area contributed by atoms with E-state index in [-0.39, 0.29) is 11.8 Å². The van der Waals surface area contributed by atoms with Crippen molar-refractivity contribution in [3.63, 3.8) is 0 Å². The fourth-order valence-corrected chi connectivity index (χ4v) is 3.77. The van der Waals surface area contributed by atoms with Crippen LogP contribution in [0.3, 0.4) is 0 Å². The van der Waals surface area contributed by atoms with Gasteiger partial charge in [-0.25, -0.2) is 4.79 Å². The highest BCUT2D eigenvalue weighted by Gasteiger charge is 2.33. The summed E-state index contributed by atoms with van der Waals surface area (Å²) in [4.78, 5) is 11.5. The van der Waals surface area contributed by atoms with Crippen molar-refractivity contribution in [1.82, 2.24) is 0 Å². The van der Waals surface area contributed by atoms with Crippen LogP contribution in [0.5, 0.6) is 0 Å². The van der Waals surface area contributed by atoms with Crippen LogP contribution in [0.4, 0.5) is 5.69 Å². The van der Waals surface area contributed by atoms with E-state index >= 15 is 0 Å². The van der Waals surface area contributed by atoms with Gasteiger partial charge in [-0.3, -0.25) is 5.01 Å². The maximum absolute atomic E-state index is 11.5. The molecule has 4 nitrogen and oxygen atoms in total. The number of unbranched alkanes of at least 4 members (excludes halogenated alkanes) is 2. The summed E-state index contributed by atoms with van der Waals surface area (Å²) < 4.78 is 0. The third-order valence-electron chi connectivity index (χ3n) is 4.75. The van der Waals surface area contributed by atoms with Gasteiger partial charge in [0.25, 0.3) is 0 Å². The molecule has 0 amide bonds. The molecule has 142 valence electrons. The van der Waals surface area contributed by atoms with Crippen LogP contribution in [-0.2, 0) is 11.2 Å². The lowest BCUT2D eigenvalue weighted by atomic mass is 9.98. The number of carboxylic acids is 1. The minimum Gasteiger partial charge on any atom is -0.477 e. The van der Waals surface area contributed by atoms with Gasteiger partial charge in [0, 0.05) is 11.4 Å². The van der Waals surface area contributed by atoms with Crippen molar-refractivity contribution < 1.29 is 9.90 Å². The molecule has 1 N–H and O–H groups in total. The van der Waals surface area contributed by atoms with Gasteiger partial charge in [-0.15, -0.1) is 0 Å². The Morgan fingerprint density at radius 2 is 1.93 bits per heavy atom. The Labute approximate surface area is 169 Å². The molecular weight excluding hydrogens is 383 g/mol. The van der Waals surface area contributed by atoms with Gasteiger partial charge in [0.2, 0.25) is 0 Å². The second kappa shape index (κ2) is 8.77. The molecule has 0 saturated heterocycles. The Morgan fingerprint density at radius 1 is 1.19 bits per heavy atom. The second-order valence-corrected chi connectivity index (χ2v) is 7.55. The predicted molar refractivity (Wildman–Crippen MR) is 111 cm³/mol. The SMILES string of the molecule is CCCCCc1ccc(C2CC(C(=O)O)=NN2c2ccc(Cl)cc2Cl)cc1. The topological polar surface area (TPSA) is 52.9 Å². The Morgan fingerprint density at radius 3 is 2.56 bits per heavy atom. The van der Waals surface area contributed by atoms with Gasteiger partial charge < -0.3 is 5.11 Å². The van der Waals surface area contributed by atoms with Crippen molar-refractivity contribution >= 4 is 40.6 Å². The quantitative estimate of drug-likeness (QED) is 0.565. The number of hydrazone groups is 1. The third kappa shape index (κ3) is 4.63. The number of hydrogen-bond acceptors (Lipinski definition) is 3. The zero-order chi connectivity index (χ0) is 19.4. The van der Waals surface area contributed by atoms with Gasteiger partial charge in [-0.2, -0.15) is 5.10 Å². The molecule has 2 aromatic carbocycles. The molecule has 2 aromatic rings. The molecule has 1 heterocycles. The Bertz CT molecular complexity index is 850. The first-order valence-electron chi connectivity index (χ1n) is 9.13. The van der Waals surface area contributed by atoms with Crippen molar-refractivity contribution in [1.29, 1.82) is 0 Å². The molecule has 0 aromatic heterocycles. The molecule has 1 atom stereocenters. The minimum atomic E-state index is -1.01. The molecule has 3 rings (SSSR count). The average molecular weight is 405 g/mol. The summed E-state index contributed by atoms with van der Waals surface area (Å²) in [6, 6.07) is 13.3. The summed E-state index contributed by atoms with van der Waals surface area (Å²) in [7, 11) is 0. The second-order valence-electron chi connectivity index (χ2n) is 6.71. The van der Waals surface area contributed by atoms with Crippen molar-refractivity contribution in [2.45, 2.75) is 45.1 Å². The van der Waals surface area contributed by atoms with Crippen molar-refractivity contribution in [2.75, 3.05) is 5.01 Å². The zero-order valence-electron chi connectivity index (χ0n) is 15.2. The van der Waals surface area contributed by atoms with E-state index in [0.717, 1.165) is 12.0 Å². The standard InChI is InChI=1S/C21H22Cl2N2O2/c1-2-3-4-5-14-6-8-15(9-7-14)20-13-18(21(26)27)24-25(20)19-11-10-16(22)12-17(19)23/h6-12,20H,2-5,13H2,1H3,(H,26,27). The molecule has 0 spiro atoms. The molecule has 0 radical (unpaired) electrons. The molecule has 6 heteroatoms. The molecule has 0 aliphatic carbocycles. The summed E-state index contributed by atoms with van der Waals surface area (Å²) in [6.07, 6.45) is 4.99. The van der Waals surface area contributed by atoms with Crippen LogP contribution in [0.15, 0.2) is 47.6 Å². The number of nitrogens with zero attached hydrogens (tertiary/aromatic N) is 2. The fourth-order valence-electron chi connectivity index (χ4n) is 3.27. The van der Waals surface area contributed by atoms with E-state index in [0.29, 0.717) is 22.2 Å². The maximum Gasteiger partial charge on any atom is 0.352 e. The summed E-state index contributed by atoms with van der Waals surface area (Å²) >= 11 is 12.3. The van der Waals surface area contributed by atoms with Gasteiger partial charge in [-0.05, 0) is 42.2 Å². The number of carbonyl (C=O) groups is 1. The largest absolute Gasteiger partial charge is 0.477 e. The van der Waals surface area contributed by atoms with Crippen LogP contribution >= 0.6 is 23.2 Å². The first-order chi connectivity index (χ1) is 13.0. The normalized spacial score (nSPS) is 16.5. The van der Waals surface area contributed by atoms with Gasteiger partial charge in [0.05, 0.1) is 16.8 Å². The lowest BCUT2D eigenvalue weighted by Crippen LogP contribution is -2.19. The summed E-state index contributed by atoms with van der Waals surface area (Å²) in [5.74, 6) is -1.01. The highest BCUT2D eigenvalue weighted by molar-refractivity contribution is 6.38. The number of aryl methyl sites for hydroxylation is 1. The Kier molecular flexibility index (Phi) is 6.40. The molecule has 1 aliphatic heterocycles. The van der Waals surface area contributed by atoms with E-state index in [1.165, 1.54) is 24.8 Å². The van der Waals surface area contributed by atoms with Crippen molar-refractivity contribution in [3.8, 4) is 0 Å². The average Bonchev–Trinajstić information content (AvgIpc) is 3.08. The van der Waals surface area contributed by atoms with E-state index < -0.39 is 5.97 Å². The molecule has 0 bridgehead atoms. The third-order valence-corrected chi connectivity index (χ3v) is 5.29. The summed E-state index contributed by atoms with van der Waals surface area (Å²) in [5, 5.41) is 16.4. The van der Waals surface area contributed by atoms with Crippen molar-refractivity contribution in [2.24, 2.45) is 5.10 Å². The van der Waals surface area contributed by atoms with Crippen LogP contribution in [0.25, 0.3) is 0 Å². The van der Waals surface area contributed by atoms with E-state index in [4.69, 9.17) is 23.2 Å². The van der Waals surface area contributed by atoms with Crippen LogP contribution in [0, 0.1) is 0 Å². The van der Waals surface area contributed by atoms with Gasteiger partial charge >= 0.3 is 5.97 Å². The highest BCUT2D eigenvalue weighted by Crippen LogP contribution is 2.39. The number of halogens is 2. The van der Waals surface area contributed by atoms with Crippen LogP contribution in [0.2, 0.25) is 10.0 Å². The lowest BCUT2D eigenvalue weighted by molar-refractivity contribution is -0.129. The number of aliphatic carboxylic acids is 1. The number of hydrogen-bond donors (Lipinski definition) is 1. The van der Waals surface area contributed by atoms with E-state index in [1.54, 1.807) is 23.2 Å². The van der Waals surface area contributed by atoms with Gasteiger partial charge in [-0.1, -0.05) is 67.2 Å². The molecule has 27 heavy (non-hydrogen) atoms. The first kappa shape index (κ1) is 19.7. The summed E-state index contributed by atoms with van der Waals surface area (Å²) in [5.41, 5.74) is 3.08. The molecule has 1 unspecified atom stereocenters. The zero-order valence-corrected chi connectivity index (χ0v) is 16.7. The van der Waals surface area contributed by atoms with Gasteiger partial charge in [0.1, 0.15) is 5.71 Å². The summed E-state index contributed by atoms with van der Waals surface area (Å²) in [6.45, 7) is 2.19. The number of rotatable bonds is 7. The Hall–Kier alpha value is -2.04. The smallest absolute Gasteiger partial charge is 0.352 e. The van der Waals surface area contributed by atoms with Crippen LogP contribution in [-0.4, -0.2) is 16.8 Å². The maximum atomic E-state index is 11.5. The molecular formula is C21H22Cl2N2O2. The van der Waals surface area contributed by atoms with Crippen molar-refractivity contribution in [3.05, 3.63) is 63.6 Å². The number of benzene rings is 2. The van der Waals surface area contributed by atoms with E-state index in [9.17, 15) is 9.90 Å². The fraction of sp³-hybridized carbons (Fsp3) is 0.333. The monoisotopic (exact) mass is 404 g/mol. The predicted octanol–water partition coefficient (Wildman–Crippen LogP) is 6.12. The van der Waals surface area contributed by atoms with Crippen LogP contribution in [0.1, 0.15) is 49.8 Å². The number of anilines is 1. The minimum absolute atomic E-state index is 0.123. The molecule has 0 fully saturated rings. The van der Waals surface area contributed by atoms with E-state index in [2.05, 4.69) is 36.3 Å². The number of carboxylic acid groups (broad SMARTS) is 1. The van der Waals surface area contributed by atoms with E-state index in [1.807, 2.05) is 0 Å². The van der Waals surface area contributed by atoms with Crippen LogP contribution < -0.4 is 5.01 Å². The molecule has 0 saturated carbocycles. The molecule has 1 aliphatic rings. The lowest BCUT2D eigenvalue weighted by Gasteiger charge is -2.25. The highest BCUT2D eigenvalue weighted by atomic mass is 35.5. The first-order valence-corrected chi connectivity index (χ1v) is 9.89. The van der Waals surface area contributed by atoms with Gasteiger partial charge in [0.15, 0.2) is 0 Å².